The van der Waals surface area contributed by atoms with Gasteiger partial charge in [0.1, 0.15) is 6.54 Å². The first-order chi connectivity index (χ1) is 9.31. The number of halogens is 1. The summed E-state index contributed by atoms with van der Waals surface area (Å²) in [6, 6.07) is 7.93. The van der Waals surface area contributed by atoms with Crippen LogP contribution in [0.4, 0.5) is 0 Å². The average molecular weight is 274 g/mol. The molecule has 0 atom stereocenters. The minimum Gasteiger partial charge on any atom is -0.337 e. The zero-order valence-electron chi connectivity index (χ0n) is 10.2. The van der Waals surface area contributed by atoms with E-state index in [-0.39, 0.29) is 0 Å². The van der Waals surface area contributed by atoms with Gasteiger partial charge in [-0.05, 0) is 25.0 Å². The molecule has 19 heavy (non-hydrogen) atoms. The molecule has 4 rings (SSSR count). The van der Waals surface area contributed by atoms with Crippen LogP contribution in [0.5, 0.6) is 0 Å². The smallest absolute Gasteiger partial charge is 0.246 e. The van der Waals surface area contributed by atoms with Gasteiger partial charge in [-0.3, -0.25) is 0 Å². The number of aromatic nitrogens is 3. The molecule has 1 aromatic carbocycles. The highest BCUT2D eigenvalue weighted by molar-refractivity contribution is 6.35. The van der Waals surface area contributed by atoms with Crippen molar-refractivity contribution in [1.82, 2.24) is 14.7 Å². The number of fused-ring (bicyclic) bond motifs is 1. The largest absolute Gasteiger partial charge is 0.337 e. The lowest BCUT2D eigenvalue weighted by Gasteiger charge is -2.02. The number of para-hydroxylation sites is 1. The summed E-state index contributed by atoms with van der Waals surface area (Å²) in [6.45, 7) is 0.562. The normalized spacial score (nSPS) is 15.2. The van der Waals surface area contributed by atoms with Crippen LogP contribution in [0.1, 0.15) is 30.5 Å². The molecule has 0 unspecified atom stereocenters. The fourth-order valence-corrected chi connectivity index (χ4v) is 2.62. The lowest BCUT2D eigenvalue weighted by molar-refractivity contribution is 0.367. The van der Waals surface area contributed by atoms with Gasteiger partial charge in [0.2, 0.25) is 5.89 Å². The van der Waals surface area contributed by atoms with E-state index in [1.807, 2.05) is 35.0 Å². The van der Waals surface area contributed by atoms with Crippen LogP contribution in [-0.4, -0.2) is 14.7 Å². The van der Waals surface area contributed by atoms with Gasteiger partial charge < -0.3 is 9.09 Å². The van der Waals surface area contributed by atoms with E-state index in [1.54, 1.807) is 0 Å². The summed E-state index contributed by atoms with van der Waals surface area (Å²) in [7, 11) is 0. The van der Waals surface area contributed by atoms with Crippen molar-refractivity contribution in [1.29, 1.82) is 0 Å². The second-order valence-electron chi connectivity index (χ2n) is 4.94. The van der Waals surface area contributed by atoms with Gasteiger partial charge in [0.15, 0.2) is 5.82 Å². The molecule has 1 fully saturated rings. The van der Waals surface area contributed by atoms with Crippen molar-refractivity contribution in [3.8, 4) is 0 Å². The molecule has 0 radical (unpaired) electrons. The van der Waals surface area contributed by atoms with Gasteiger partial charge in [0.25, 0.3) is 0 Å². The molecule has 3 aromatic rings. The molecular weight excluding hydrogens is 262 g/mol. The van der Waals surface area contributed by atoms with E-state index in [1.165, 1.54) is 12.8 Å². The molecule has 0 N–H and O–H groups in total. The second-order valence-corrected chi connectivity index (χ2v) is 5.35. The summed E-state index contributed by atoms with van der Waals surface area (Å²) in [5.41, 5.74) is 1.01. The maximum absolute atomic E-state index is 6.25. The molecule has 4 nitrogen and oxygen atoms in total. The Kier molecular flexibility index (Phi) is 2.38. The zero-order valence-corrected chi connectivity index (χ0v) is 11.0. The van der Waals surface area contributed by atoms with Crippen LogP contribution in [-0.2, 0) is 6.54 Å². The minimum atomic E-state index is 0.516. The van der Waals surface area contributed by atoms with Crippen molar-refractivity contribution in [2.75, 3.05) is 0 Å². The minimum absolute atomic E-state index is 0.516. The molecule has 1 aliphatic carbocycles. The first-order valence-electron chi connectivity index (χ1n) is 6.37. The van der Waals surface area contributed by atoms with E-state index in [0.717, 1.165) is 21.7 Å². The summed E-state index contributed by atoms with van der Waals surface area (Å²) in [5.74, 6) is 2.00. The van der Waals surface area contributed by atoms with Crippen LogP contribution in [0.2, 0.25) is 5.02 Å². The van der Waals surface area contributed by atoms with Crippen LogP contribution in [0.25, 0.3) is 10.9 Å². The third-order valence-electron chi connectivity index (χ3n) is 3.47. The van der Waals surface area contributed by atoms with Crippen molar-refractivity contribution in [2.45, 2.75) is 25.3 Å². The molecule has 0 amide bonds. The number of hydrogen-bond donors (Lipinski definition) is 0. The molecule has 96 valence electrons. The zero-order chi connectivity index (χ0) is 12.8. The van der Waals surface area contributed by atoms with Crippen LogP contribution < -0.4 is 0 Å². The third-order valence-corrected chi connectivity index (χ3v) is 3.78. The quantitative estimate of drug-likeness (QED) is 0.732. The summed E-state index contributed by atoms with van der Waals surface area (Å²) < 4.78 is 7.35. The van der Waals surface area contributed by atoms with Gasteiger partial charge in [-0.25, -0.2) is 0 Å². The lowest BCUT2D eigenvalue weighted by atomic mass is 10.2. The molecule has 5 heteroatoms. The van der Waals surface area contributed by atoms with E-state index >= 15 is 0 Å². The average Bonchev–Trinajstić information content (AvgIpc) is 3.02. The highest BCUT2D eigenvalue weighted by Gasteiger charge is 2.28. The predicted octanol–water partition coefficient (Wildman–Crippen LogP) is 3.60. The standard InChI is InChI=1S/C14H12ClN3O/c15-11-3-1-2-9-6-7-18(13(9)11)8-12-16-14(17-19-12)10-4-5-10/h1-3,6-7,10H,4-5,8H2. The molecule has 0 aliphatic heterocycles. The summed E-state index contributed by atoms with van der Waals surface area (Å²) >= 11 is 6.25. The molecule has 1 saturated carbocycles. The van der Waals surface area contributed by atoms with Gasteiger partial charge in [-0.15, -0.1) is 0 Å². The van der Waals surface area contributed by atoms with E-state index in [0.29, 0.717) is 18.4 Å². The predicted molar refractivity (Wildman–Crippen MR) is 72.3 cm³/mol. The van der Waals surface area contributed by atoms with Crippen molar-refractivity contribution in [2.24, 2.45) is 0 Å². The van der Waals surface area contributed by atoms with Gasteiger partial charge in [-0.1, -0.05) is 28.9 Å². The van der Waals surface area contributed by atoms with E-state index in [4.69, 9.17) is 16.1 Å². The molecule has 0 bridgehead atoms. The Bertz CT molecular complexity index is 742. The first-order valence-corrected chi connectivity index (χ1v) is 6.75. The summed E-state index contributed by atoms with van der Waals surface area (Å²) in [6.07, 6.45) is 4.35. The molecule has 0 saturated heterocycles. The Hall–Kier alpha value is -1.81. The second kappa shape index (κ2) is 4.10. The Morgan fingerprint density at radius 2 is 2.21 bits per heavy atom. The SMILES string of the molecule is Clc1cccc2ccn(Cc3nc(C4CC4)no3)c12. The van der Waals surface area contributed by atoms with E-state index < -0.39 is 0 Å². The van der Waals surface area contributed by atoms with Gasteiger partial charge >= 0.3 is 0 Å². The maximum atomic E-state index is 6.25. The Morgan fingerprint density at radius 3 is 3.05 bits per heavy atom. The molecule has 0 spiro atoms. The summed E-state index contributed by atoms with van der Waals surface area (Å²) in [4.78, 5) is 4.44. The first kappa shape index (κ1) is 11.1. The highest BCUT2D eigenvalue weighted by Crippen LogP contribution is 2.38. The van der Waals surface area contributed by atoms with E-state index in [2.05, 4.69) is 10.1 Å². The summed E-state index contributed by atoms with van der Waals surface area (Å²) in [5, 5.41) is 5.89. The monoisotopic (exact) mass is 273 g/mol. The van der Waals surface area contributed by atoms with Crippen molar-refractivity contribution in [3.63, 3.8) is 0 Å². The van der Waals surface area contributed by atoms with Crippen LogP contribution >= 0.6 is 11.6 Å². The van der Waals surface area contributed by atoms with Gasteiger partial charge in [0.05, 0.1) is 10.5 Å². The van der Waals surface area contributed by atoms with E-state index in [9.17, 15) is 0 Å². The number of nitrogens with zero attached hydrogens (tertiary/aromatic N) is 3. The van der Waals surface area contributed by atoms with Gasteiger partial charge in [-0.2, -0.15) is 4.98 Å². The number of hydrogen-bond acceptors (Lipinski definition) is 3. The Labute approximate surface area is 115 Å². The Balaban J connectivity index is 1.70. The fraction of sp³-hybridized carbons (Fsp3) is 0.286. The maximum Gasteiger partial charge on any atom is 0.246 e. The topological polar surface area (TPSA) is 43.9 Å². The highest BCUT2D eigenvalue weighted by atomic mass is 35.5. The fourth-order valence-electron chi connectivity index (χ4n) is 2.33. The van der Waals surface area contributed by atoms with Gasteiger partial charge in [0, 0.05) is 17.5 Å². The molecule has 1 aliphatic rings. The lowest BCUT2D eigenvalue weighted by Crippen LogP contribution is -1.98. The Morgan fingerprint density at radius 1 is 1.32 bits per heavy atom. The van der Waals surface area contributed by atoms with Crippen LogP contribution in [0, 0.1) is 0 Å². The molecule has 2 heterocycles. The van der Waals surface area contributed by atoms with Crippen LogP contribution in [0.3, 0.4) is 0 Å². The molecule has 2 aromatic heterocycles. The number of benzene rings is 1. The molecular formula is C14H12ClN3O. The van der Waals surface area contributed by atoms with Crippen molar-refractivity contribution in [3.05, 3.63) is 47.2 Å². The van der Waals surface area contributed by atoms with Crippen LogP contribution in [0.15, 0.2) is 35.0 Å². The number of rotatable bonds is 3. The third kappa shape index (κ3) is 1.92. The van der Waals surface area contributed by atoms with Crippen molar-refractivity contribution >= 4 is 22.5 Å². The van der Waals surface area contributed by atoms with Crippen molar-refractivity contribution < 1.29 is 4.52 Å².